The molecule has 0 radical (unpaired) electrons. The van der Waals surface area contributed by atoms with Gasteiger partial charge in [-0.15, -0.1) is 0 Å². The average Bonchev–Trinajstić information content (AvgIpc) is 2.77. The lowest BCUT2D eigenvalue weighted by Crippen LogP contribution is -2.50. The number of ether oxygens (including phenoxy) is 1. The van der Waals surface area contributed by atoms with Crippen molar-refractivity contribution in [1.82, 2.24) is 9.80 Å². The van der Waals surface area contributed by atoms with Crippen LogP contribution in [0.5, 0.6) is 5.75 Å². The van der Waals surface area contributed by atoms with Gasteiger partial charge < -0.3 is 14.1 Å². The fraction of sp³-hybridized carbons (Fsp3) is 0.304. The van der Waals surface area contributed by atoms with E-state index < -0.39 is 5.63 Å². The van der Waals surface area contributed by atoms with E-state index in [9.17, 15) is 9.59 Å². The van der Waals surface area contributed by atoms with Gasteiger partial charge in [0.2, 0.25) is 0 Å². The van der Waals surface area contributed by atoms with E-state index in [-0.39, 0.29) is 12.5 Å². The minimum absolute atomic E-state index is 0.0212. The molecular formula is C23H24N2O4. The largest absolute Gasteiger partial charge is 0.484 e. The summed E-state index contributed by atoms with van der Waals surface area (Å²) in [6.45, 7) is 4.16. The van der Waals surface area contributed by atoms with Crippen molar-refractivity contribution < 1.29 is 13.9 Å². The molecule has 6 nitrogen and oxygen atoms in total. The van der Waals surface area contributed by atoms with Crippen LogP contribution in [0.15, 0.2) is 69.9 Å². The third-order valence-electron chi connectivity index (χ3n) is 5.24. The van der Waals surface area contributed by atoms with Crippen LogP contribution < -0.4 is 10.4 Å². The summed E-state index contributed by atoms with van der Waals surface area (Å²) in [4.78, 5) is 28.1. The SMILES string of the molecule is O=C(COc1ccc2ccc(=O)oc2c1)N1CCN(CCc2ccccc2)CC1. The van der Waals surface area contributed by atoms with Gasteiger partial charge in [0, 0.05) is 50.2 Å². The molecule has 0 spiro atoms. The molecule has 0 atom stereocenters. The van der Waals surface area contributed by atoms with Crippen molar-refractivity contribution in [3.63, 3.8) is 0 Å². The lowest BCUT2D eigenvalue weighted by Gasteiger charge is -2.34. The molecule has 2 aromatic carbocycles. The molecule has 1 aromatic heterocycles. The van der Waals surface area contributed by atoms with Gasteiger partial charge in [-0.2, -0.15) is 0 Å². The fourth-order valence-corrected chi connectivity index (χ4v) is 3.52. The maximum Gasteiger partial charge on any atom is 0.336 e. The number of amides is 1. The fourth-order valence-electron chi connectivity index (χ4n) is 3.52. The van der Waals surface area contributed by atoms with Gasteiger partial charge in [-0.3, -0.25) is 9.69 Å². The standard InChI is InChI=1S/C23H24N2O4/c26-22(17-28-20-8-6-19-7-9-23(27)29-21(19)16-20)25-14-12-24(13-15-25)11-10-18-4-2-1-3-5-18/h1-9,16H,10-15,17H2. The van der Waals surface area contributed by atoms with E-state index in [1.54, 1.807) is 18.2 Å². The van der Waals surface area contributed by atoms with E-state index in [1.807, 2.05) is 17.0 Å². The molecule has 0 unspecified atom stereocenters. The van der Waals surface area contributed by atoms with Crippen LogP contribution in [-0.2, 0) is 11.2 Å². The molecule has 0 aliphatic carbocycles. The van der Waals surface area contributed by atoms with Crippen LogP contribution >= 0.6 is 0 Å². The molecular weight excluding hydrogens is 368 g/mol. The summed E-state index contributed by atoms with van der Waals surface area (Å²) in [5.41, 5.74) is 1.39. The van der Waals surface area contributed by atoms with Crippen LogP contribution in [0.4, 0.5) is 0 Å². The highest BCUT2D eigenvalue weighted by molar-refractivity contribution is 5.79. The topological polar surface area (TPSA) is 63.0 Å². The predicted octanol–water partition coefficient (Wildman–Crippen LogP) is 2.56. The number of fused-ring (bicyclic) bond motifs is 1. The molecule has 1 aliphatic heterocycles. The number of carbonyl (C=O) groups excluding carboxylic acids is 1. The molecule has 4 rings (SSSR count). The van der Waals surface area contributed by atoms with Gasteiger partial charge in [0.15, 0.2) is 6.61 Å². The van der Waals surface area contributed by atoms with Crippen LogP contribution in [0.1, 0.15) is 5.56 Å². The molecule has 2 heterocycles. The number of rotatable bonds is 6. The number of hydrogen-bond donors (Lipinski definition) is 0. The Labute approximate surface area is 169 Å². The van der Waals surface area contributed by atoms with E-state index in [4.69, 9.17) is 9.15 Å². The van der Waals surface area contributed by atoms with Gasteiger partial charge in [0.1, 0.15) is 11.3 Å². The van der Waals surface area contributed by atoms with Gasteiger partial charge in [-0.25, -0.2) is 4.79 Å². The first kappa shape index (κ1) is 19.2. The maximum absolute atomic E-state index is 12.5. The van der Waals surface area contributed by atoms with Gasteiger partial charge in [-0.1, -0.05) is 30.3 Å². The number of nitrogens with zero attached hydrogens (tertiary/aromatic N) is 2. The van der Waals surface area contributed by atoms with Gasteiger partial charge >= 0.3 is 5.63 Å². The zero-order valence-corrected chi connectivity index (χ0v) is 16.3. The highest BCUT2D eigenvalue weighted by atomic mass is 16.5. The first-order chi connectivity index (χ1) is 14.2. The number of benzene rings is 2. The third kappa shape index (κ3) is 5.03. The maximum atomic E-state index is 12.5. The summed E-state index contributed by atoms with van der Waals surface area (Å²) in [6, 6.07) is 18.8. The summed E-state index contributed by atoms with van der Waals surface area (Å²) in [7, 11) is 0. The Bertz CT molecular complexity index is 1020. The van der Waals surface area contributed by atoms with Crippen molar-refractivity contribution in [3.05, 3.63) is 76.6 Å². The Morgan fingerprint density at radius 3 is 2.52 bits per heavy atom. The predicted molar refractivity (Wildman–Crippen MR) is 111 cm³/mol. The minimum atomic E-state index is -0.407. The molecule has 0 N–H and O–H groups in total. The normalized spacial score (nSPS) is 14.8. The molecule has 0 bridgehead atoms. The lowest BCUT2D eigenvalue weighted by atomic mass is 10.1. The first-order valence-corrected chi connectivity index (χ1v) is 9.88. The Morgan fingerprint density at radius 2 is 1.72 bits per heavy atom. The van der Waals surface area contributed by atoms with Crippen molar-refractivity contribution >= 4 is 16.9 Å². The van der Waals surface area contributed by atoms with Crippen molar-refractivity contribution in [2.75, 3.05) is 39.3 Å². The van der Waals surface area contributed by atoms with E-state index in [2.05, 4.69) is 29.2 Å². The molecule has 3 aromatic rings. The highest BCUT2D eigenvalue weighted by Gasteiger charge is 2.21. The molecule has 0 saturated carbocycles. The van der Waals surface area contributed by atoms with Crippen molar-refractivity contribution in [3.8, 4) is 5.75 Å². The Morgan fingerprint density at radius 1 is 0.966 bits per heavy atom. The van der Waals surface area contributed by atoms with Crippen LogP contribution in [-0.4, -0.2) is 55.0 Å². The number of carbonyl (C=O) groups is 1. The molecule has 150 valence electrons. The van der Waals surface area contributed by atoms with Crippen LogP contribution in [0.25, 0.3) is 11.0 Å². The summed E-state index contributed by atoms with van der Waals surface area (Å²) in [6.07, 6.45) is 1.02. The van der Waals surface area contributed by atoms with E-state index >= 15 is 0 Å². The third-order valence-corrected chi connectivity index (χ3v) is 5.24. The van der Waals surface area contributed by atoms with Gasteiger partial charge in [-0.05, 0) is 30.2 Å². The Kier molecular flexibility index (Phi) is 5.91. The molecule has 29 heavy (non-hydrogen) atoms. The Balaban J connectivity index is 1.24. The monoisotopic (exact) mass is 392 g/mol. The molecule has 1 aliphatic rings. The summed E-state index contributed by atoms with van der Waals surface area (Å²) in [5.74, 6) is 0.490. The second-order valence-corrected chi connectivity index (χ2v) is 7.20. The molecule has 1 fully saturated rings. The quantitative estimate of drug-likeness (QED) is 0.604. The summed E-state index contributed by atoms with van der Waals surface area (Å²) in [5, 5.41) is 0.815. The van der Waals surface area contributed by atoms with Crippen LogP contribution in [0.2, 0.25) is 0 Å². The summed E-state index contributed by atoms with van der Waals surface area (Å²) < 4.78 is 10.8. The number of hydrogen-bond acceptors (Lipinski definition) is 5. The highest BCUT2D eigenvalue weighted by Crippen LogP contribution is 2.19. The average molecular weight is 392 g/mol. The van der Waals surface area contributed by atoms with Crippen LogP contribution in [0, 0.1) is 0 Å². The Hall–Kier alpha value is -3.12. The zero-order valence-electron chi connectivity index (χ0n) is 16.3. The van der Waals surface area contributed by atoms with E-state index in [1.165, 1.54) is 11.6 Å². The molecule has 1 saturated heterocycles. The van der Waals surface area contributed by atoms with Crippen molar-refractivity contribution in [1.29, 1.82) is 0 Å². The summed E-state index contributed by atoms with van der Waals surface area (Å²) >= 11 is 0. The van der Waals surface area contributed by atoms with Crippen LogP contribution in [0.3, 0.4) is 0 Å². The van der Waals surface area contributed by atoms with E-state index in [0.717, 1.165) is 31.4 Å². The molecule has 1 amide bonds. The first-order valence-electron chi connectivity index (χ1n) is 9.88. The second kappa shape index (κ2) is 8.92. The smallest absolute Gasteiger partial charge is 0.336 e. The van der Waals surface area contributed by atoms with Gasteiger partial charge in [0.05, 0.1) is 0 Å². The lowest BCUT2D eigenvalue weighted by molar-refractivity contribution is -0.135. The minimum Gasteiger partial charge on any atom is -0.484 e. The molecule has 6 heteroatoms. The number of piperazine rings is 1. The van der Waals surface area contributed by atoms with Crippen molar-refractivity contribution in [2.45, 2.75) is 6.42 Å². The second-order valence-electron chi connectivity index (χ2n) is 7.20. The zero-order chi connectivity index (χ0) is 20.1. The van der Waals surface area contributed by atoms with Gasteiger partial charge in [0.25, 0.3) is 5.91 Å². The van der Waals surface area contributed by atoms with E-state index in [0.29, 0.717) is 24.4 Å². The van der Waals surface area contributed by atoms with Crippen molar-refractivity contribution in [2.24, 2.45) is 0 Å².